The Morgan fingerprint density at radius 1 is 1.00 bits per heavy atom. The SMILES string of the molecule is CCCOc1ccc(C2/C(=C(/O)c3ccc4c(c3)OCCO4)C(=O)C(=O)N2Cc2ccco2)cc1OCC. The molecule has 1 saturated heterocycles. The number of carbonyl (C=O) groups is 2. The lowest BCUT2D eigenvalue weighted by molar-refractivity contribution is -0.140. The number of benzene rings is 2. The molecule has 3 heterocycles. The van der Waals surface area contributed by atoms with Gasteiger partial charge in [-0.2, -0.15) is 0 Å². The van der Waals surface area contributed by atoms with Gasteiger partial charge in [0.2, 0.25) is 0 Å². The first-order valence-electron chi connectivity index (χ1n) is 12.6. The molecule has 2 aromatic carbocycles. The molecule has 1 amide bonds. The van der Waals surface area contributed by atoms with Crippen LogP contribution in [0.5, 0.6) is 23.0 Å². The molecule has 0 bridgehead atoms. The van der Waals surface area contributed by atoms with Crippen LogP contribution in [0.25, 0.3) is 5.76 Å². The first-order valence-corrected chi connectivity index (χ1v) is 12.6. The molecule has 1 N–H and O–H groups in total. The average molecular weight is 520 g/mol. The highest BCUT2D eigenvalue weighted by Gasteiger charge is 2.46. The minimum Gasteiger partial charge on any atom is -0.507 e. The van der Waals surface area contributed by atoms with Gasteiger partial charge in [-0.3, -0.25) is 9.59 Å². The van der Waals surface area contributed by atoms with E-state index in [-0.39, 0.29) is 17.9 Å². The lowest BCUT2D eigenvalue weighted by atomic mass is 9.94. The molecule has 38 heavy (non-hydrogen) atoms. The summed E-state index contributed by atoms with van der Waals surface area (Å²) in [5.41, 5.74) is 0.883. The van der Waals surface area contributed by atoms with Crippen LogP contribution >= 0.6 is 0 Å². The Morgan fingerprint density at radius 2 is 1.82 bits per heavy atom. The van der Waals surface area contributed by atoms with Crippen LogP contribution in [0, 0.1) is 0 Å². The Morgan fingerprint density at radius 3 is 2.55 bits per heavy atom. The lowest BCUT2D eigenvalue weighted by Gasteiger charge is -2.25. The highest BCUT2D eigenvalue weighted by atomic mass is 16.6. The van der Waals surface area contributed by atoms with Gasteiger partial charge in [0.05, 0.1) is 37.6 Å². The van der Waals surface area contributed by atoms with Gasteiger partial charge >= 0.3 is 0 Å². The molecule has 1 unspecified atom stereocenters. The molecule has 2 aliphatic rings. The van der Waals surface area contributed by atoms with Crippen LogP contribution in [0.1, 0.15) is 43.2 Å². The van der Waals surface area contributed by atoms with Gasteiger partial charge in [-0.05, 0) is 61.4 Å². The quantitative estimate of drug-likeness (QED) is 0.243. The molecule has 0 aliphatic carbocycles. The van der Waals surface area contributed by atoms with Gasteiger partial charge in [0.25, 0.3) is 11.7 Å². The van der Waals surface area contributed by atoms with Gasteiger partial charge in [-0.25, -0.2) is 0 Å². The summed E-state index contributed by atoms with van der Waals surface area (Å²) < 4.78 is 28.4. The number of ether oxygens (including phenoxy) is 4. The second-order valence-corrected chi connectivity index (χ2v) is 8.85. The largest absolute Gasteiger partial charge is 0.507 e. The smallest absolute Gasteiger partial charge is 0.296 e. The summed E-state index contributed by atoms with van der Waals surface area (Å²) in [6.45, 7) is 5.62. The van der Waals surface area contributed by atoms with Crippen LogP contribution in [0.3, 0.4) is 0 Å². The zero-order valence-electron chi connectivity index (χ0n) is 21.3. The third kappa shape index (κ3) is 4.79. The predicted octanol–water partition coefficient (Wildman–Crippen LogP) is 4.86. The monoisotopic (exact) mass is 519 g/mol. The third-order valence-corrected chi connectivity index (χ3v) is 6.31. The molecule has 1 atom stereocenters. The van der Waals surface area contributed by atoms with Gasteiger partial charge in [0, 0.05) is 5.56 Å². The van der Waals surface area contributed by atoms with Crippen molar-refractivity contribution < 1.29 is 38.1 Å². The number of furan rings is 1. The number of fused-ring (bicyclic) bond motifs is 1. The molecule has 5 rings (SSSR count). The van der Waals surface area contributed by atoms with Crippen LogP contribution in [0.2, 0.25) is 0 Å². The molecule has 0 spiro atoms. The summed E-state index contributed by atoms with van der Waals surface area (Å²) in [4.78, 5) is 28.1. The Kier molecular flexibility index (Phi) is 7.26. The lowest BCUT2D eigenvalue weighted by Crippen LogP contribution is -2.29. The van der Waals surface area contributed by atoms with Crippen LogP contribution in [-0.2, 0) is 16.1 Å². The Balaban J connectivity index is 1.63. The maximum Gasteiger partial charge on any atom is 0.296 e. The topological polar surface area (TPSA) is 108 Å². The fourth-order valence-corrected chi connectivity index (χ4v) is 4.60. The van der Waals surface area contributed by atoms with E-state index in [1.807, 2.05) is 13.8 Å². The van der Waals surface area contributed by atoms with Crippen molar-refractivity contribution in [3.8, 4) is 23.0 Å². The van der Waals surface area contributed by atoms with Crippen molar-refractivity contribution in [2.24, 2.45) is 0 Å². The van der Waals surface area contributed by atoms with Crippen LogP contribution in [-0.4, -0.2) is 48.1 Å². The van der Waals surface area contributed by atoms with E-state index in [0.717, 1.165) is 6.42 Å². The first-order chi connectivity index (χ1) is 18.5. The molecule has 1 aromatic heterocycles. The maximum absolute atomic E-state index is 13.4. The van der Waals surface area contributed by atoms with Gasteiger partial charge in [-0.1, -0.05) is 13.0 Å². The van der Waals surface area contributed by atoms with Gasteiger partial charge in [-0.15, -0.1) is 0 Å². The summed E-state index contributed by atoms with van der Waals surface area (Å²) in [7, 11) is 0. The number of Topliss-reactive ketones (excluding diaryl/α,β-unsaturated/α-hetero) is 1. The molecule has 0 radical (unpaired) electrons. The number of ketones is 1. The number of rotatable bonds is 9. The molecule has 9 heteroatoms. The van der Waals surface area contributed by atoms with Crippen molar-refractivity contribution in [1.82, 2.24) is 4.90 Å². The van der Waals surface area contributed by atoms with Crippen molar-refractivity contribution in [3.05, 3.63) is 77.3 Å². The molecule has 2 aliphatic heterocycles. The summed E-state index contributed by atoms with van der Waals surface area (Å²) in [5, 5.41) is 11.4. The third-order valence-electron chi connectivity index (χ3n) is 6.31. The van der Waals surface area contributed by atoms with E-state index in [9.17, 15) is 14.7 Å². The van der Waals surface area contributed by atoms with Gasteiger partial charge < -0.3 is 33.4 Å². The second-order valence-electron chi connectivity index (χ2n) is 8.85. The first kappa shape index (κ1) is 25.3. The van der Waals surface area contributed by atoms with Crippen LogP contribution in [0.4, 0.5) is 0 Å². The Bertz CT molecular complexity index is 1360. The second kappa shape index (κ2) is 10.9. The van der Waals surface area contributed by atoms with Crippen molar-refractivity contribution >= 4 is 17.4 Å². The molecule has 1 fully saturated rings. The predicted molar refractivity (Wildman–Crippen MR) is 137 cm³/mol. The van der Waals surface area contributed by atoms with E-state index in [1.54, 1.807) is 48.5 Å². The standard InChI is InChI=1S/C29H29NO8/c1-3-11-36-21-9-7-18(15-23(21)34-4-2)26-25(28(32)29(33)30(26)17-20-6-5-12-35-20)27(31)19-8-10-22-24(16-19)38-14-13-37-22/h5-10,12,15-16,26,31H,3-4,11,13-14,17H2,1-2H3/b27-25-. The van der Waals surface area contributed by atoms with Gasteiger partial charge in [0.15, 0.2) is 23.0 Å². The van der Waals surface area contributed by atoms with E-state index in [2.05, 4.69) is 0 Å². The number of hydrogen-bond acceptors (Lipinski definition) is 8. The highest BCUT2D eigenvalue weighted by Crippen LogP contribution is 2.43. The van der Waals surface area contributed by atoms with Crippen molar-refractivity contribution in [2.45, 2.75) is 32.9 Å². The van der Waals surface area contributed by atoms with E-state index in [1.165, 1.54) is 11.2 Å². The number of hydrogen-bond donors (Lipinski definition) is 1. The average Bonchev–Trinajstić information content (AvgIpc) is 3.54. The van der Waals surface area contributed by atoms with E-state index in [4.69, 9.17) is 23.4 Å². The molecule has 0 saturated carbocycles. The highest BCUT2D eigenvalue weighted by molar-refractivity contribution is 6.46. The zero-order chi connectivity index (χ0) is 26.6. The Hall–Kier alpha value is -4.40. The number of aliphatic hydroxyl groups is 1. The summed E-state index contributed by atoms with van der Waals surface area (Å²) >= 11 is 0. The molecular formula is C29H29NO8. The van der Waals surface area contributed by atoms with Crippen LogP contribution < -0.4 is 18.9 Å². The fraction of sp³-hybridized carbons (Fsp3) is 0.310. The minimum absolute atomic E-state index is 0.0390. The number of nitrogens with zero attached hydrogens (tertiary/aromatic N) is 1. The van der Waals surface area contributed by atoms with Crippen molar-refractivity contribution in [2.75, 3.05) is 26.4 Å². The number of likely N-dealkylation sites (tertiary alicyclic amines) is 1. The fourth-order valence-electron chi connectivity index (χ4n) is 4.60. The van der Waals surface area contributed by atoms with E-state index < -0.39 is 17.7 Å². The van der Waals surface area contributed by atoms with E-state index in [0.29, 0.717) is 66.3 Å². The van der Waals surface area contributed by atoms with Crippen LogP contribution in [0.15, 0.2) is 64.8 Å². The zero-order valence-corrected chi connectivity index (χ0v) is 21.3. The number of aliphatic hydroxyl groups excluding tert-OH is 1. The molecule has 9 nitrogen and oxygen atoms in total. The maximum atomic E-state index is 13.4. The Labute approximate surface area is 220 Å². The number of amides is 1. The van der Waals surface area contributed by atoms with Crippen molar-refractivity contribution in [1.29, 1.82) is 0 Å². The summed E-state index contributed by atoms with van der Waals surface area (Å²) in [6, 6.07) is 12.7. The molecule has 198 valence electrons. The van der Waals surface area contributed by atoms with E-state index >= 15 is 0 Å². The van der Waals surface area contributed by atoms with Crippen molar-refractivity contribution in [3.63, 3.8) is 0 Å². The summed E-state index contributed by atoms with van der Waals surface area (Å²) in [5.74, 6) is 0.715. The normalized spacial score (nSPS) is 18.1. The minimum atomic E-state index is -0.896. The molecule has 3 aromatic rings. The number of carbonyl (C=O) groups excluding carboxylic acids is 2. The van der Waals surface area contributed by atoms with Gasteiger partial charge in [0.1, 0.15) is 24.7 Å². The summed E-state index contributed by atoms with van der Waals surface area (Å²) in [6.07, 6.45) is 2.33. The molecular weight excluding hydrogens is 490 g/mol.